The van der Waals surface area contributed by atoms with Crippen LogP contribution in [0.2, 0.25) is 0 Å². The Bertz CT molecular complexity index is 711. The maximum Gasteiger partial charge on any atom is 0.273 e. The van der Waals surface area contributed by atoms with E-state index >= 15 is 0 Å². The molecule has 0 saturated heterocycles. The molecule has 2 rings (SSSR count). The van der Waals surface area contributed by atoms with Crippen LogP contribution in [0.4, 0.5) is 0 Å². The SMILES string of the molecule is COc1ccc2nc(C(C)(C)C)c(=O)n(CC=O)c2c1. The van der Waals surface area contributed by atoms with Crippen molar-refractivity contribution in [3.05, 3.63) is 34.2 Å². The van der Waals surface area contributed by atoms with Gasteiger partial charge in [0.15, 0.2) is 0 Å². The summed E-state index contributed by atoms with van der Waals surface area (Å²) in [6.07, 6.45) is 0.715. The minimum atomic E-state index is -0.379. The Labute approximate surface area is 117 Å². The number of carbonyl (C=O) groups is 1. The zero-order valence-corrected chi connectivity index (χ0v) is 12.1. The predicted molar refractivity (Wildman–Crippen MR) is 77.3 cm³/mol. The lowest BCUT2D eigenvalue weighted by Gasteiger charge is -2.19. The molecule has 1 aromatic carbocycles. The first-order valence-corrected chi connectivity index (χ1v) is 6.41. The number of nitrogens with zero attached hydrogens (tertiary/aromatic N) is 2. The van der Waals surface area contributed by atoms with E-state index in [0.29, 0.717) is 28.8 Å². The van der Waals surface area contributed by atoms with Crippen molar-refractivity contribution in [2.45, 2.75) is 32.7 Å². The molecule has 5 heteroatoms. The van der Waals surface area contributed by atoms with E-state index in [-0.39, 0.29) is 17.5 Å². The van der Waals surface area contributed by atoms with Crippen LogP contribution in [0.1, 0.15) is 26.5 Å². The number of ether oxygens (including phenoxy) is 1. The van der Waals surface area contributed by atoms with E-state index < -0.39 is 0 Å². The fraction of sp³-hybridized carbons (Fsp3) is 0.400. The van der Waals surface area contributed by atoms with Crippen molar-refractivity contribution in [2.24, 2.45) is 0 Å². The van der Waals surface area contributed by atoms with Gasteiger partial charge in [-0.2, -0.15) is 0 Å². The van der Waals surface area contributed by atoms with Gasteiger partial charge in [-0.25, -0.2) is 4.98 Å². The zero-order valence-electron chi connectivity index (χ0n) is 12.1. The van der Waals surface area contributed by atoms with Crippen LogP contribution in [-0.4, -0.2) is 22.9 Å². The Kier molecular flexibility index (Phi) is 3.61. The summed E-state index contributed by atoms with van der Waals surface area (Å²) in [5.41, 5.74) is 1.13. The minimum Gasteiger partial charge on any atom is -0.497 e. The van der Waals surface area contributed by atoms with E-state index in [2.05, 4.69) is 4.98 Å². The molecule has 0 radical (unpaired) electrons. The Hall–Kier alpha value is -2.17. The second-order valence-electron chi connectivity index (χ2n) is 5.65. The van der Waals surface area contributed by atoms with Gasteiger partial charge in [0.1, 0.15) is 17.7 Å². The second-order valence-corrected chi connectivity index (χ2v) is 5.65. The van der Waals surface area contributed by atoms with Crippen molar-refractivity contribution >= 4 is 17.3 Å². The van der Waals surface area contributed by atoms with Gasteiger partial charge < -0.3 is 9.53 Å². The molecule has 106 valence electrons. The summed E-state index contributed by atoms with van der Waals surface area (Å²) >= 11 is 0. The van der Waals surface area contributed by atoms with Gasteiger partial charge in [0.25, 0.3) is 5.56 Å². The lowest BCUT2D eigenvalue weighted by Crippen LogP contribution is -2.32. The van der Waals surface area contributed by atoms with E-state index in [0.717, 1.165) is 0 Å². The fourth-order valence-corrected chi connectivity index (χ4v) is 2.09. The number of carbonyl (C=O) groups excluding carboxylic acids is 1. The lowest BCUT2D eigenvalue weighted by molar-refractivity contribution is -0.108. The van der Waals surface area contributed by atoms with Crippen LogP contribution in [0.25, 0.3) is 11.0 Å². The third kappa shape index (κ3) is 2.43. The van der Waals surface area contributed by atoms with Crippen molar-refractivity contribution in [1.29, 1.82) is 0 Å². The van der Waals surface area contributed by atoms with Gasteiger partial charge in [-0.05, 0) is 12.1 Å². The number of hydrogen-bond donors (Lipinski definition) is 0. The van der Waals surface area contributed by atoms with Gasteiger partial charge >= 0.3 is 0 Å². The quantitative estimate of drug-likeness (QED) is 0.802. The molecule has 0 unspecified atom stereocenters. The first-order chi connectivity index (χ1) is 9.38. The predicted octanol–water partition coefficient (Wildman–Crippen LogP) is 1.90. The maximum absolute atomic E-state index is 12.5. The maximum atomic E-state index is 12.5. The molecule has 0 aliphatic carbocycles. The van der Waals surface area contributed by atoms with Crippen molar-refractivity contribution in [3.8, 4) is 5.75 Å². The van der Waals surface area contributed by atoms with Gasteiger partial charge in [0.05, 0.1) is 24.7 Å². The highest BCUT2D eigenvalue weighted by Gasteiger charge is 2.22. The lowest BCUT2D eigenvalue weighted by atomic mass is 9.92. The molecular weight excluding hydrogens is 256 g/mol. The number of hydrogen-bond acceptors (Lipinski definition) is 4. The standard InChI is InChI=1S/C15H18N2O3/c1-15(2,3)13-14(19)17(7-8-18)12-9-10(20-4)5-6-11(12)16-13/h5-6,8-9H,7H2,1-4H3. The minimum absolute atomic E-state index is 0.00804. The number of aldehydes is 1. The van der Waals surface area contributed by atoms with Crippen LogP contribution < -0.4 is 10.3 Å². The first-order valence-electron chi connectivity index (χ1n) is 6.41. The van der Waals surface area contributed by atoms with E-state index in [4.69, 9.17) is 4.74 Å². The number of fused-ring (bicyclic) bond motifs is 1. The molecular formula is C15H18N2O3. The van der Waals surface area contributed by atoms with Crippen LogP contribution in [0.5, 0.6) is 5.75 Å². The number of aromatic nitrogens is 2. The van der Waals surface area contributed by atoms with Crippen molar-refractivity contribution in [1.82, 2.24) is 9.55 Å². The monoisotopic (exact) mass is 274 g/mol. The van der Waals surface area contributed by atoms with E-state index in [9.17, 15) is 9.59 Å². The van der Waals surface area contributed by atoms with Crippen molar-refractivity contribution in [2.75, 3.05) is 7.11 Å². The third-order valence-electron chi connectivity index (χ3n) is 3.12. The molecule has 0 saturated carbocycles. The van der Waals surface area contributed by atoms with E-state index in [1.54, 1.807) is 25.3 Å². The van der Waals surface area contributed by atoms with Crippen LogP contribution in [0, 0.1) is 0 Å². The number of benzene rings is 1. The van der Waals surface area contributed by atoms with Crippen LogP contribution in [0.3, 0.4) is 0 Å². The summed E-state index contributed by atoms with van der Waals surface area (Å²) in [4.78, 5) is 27.9. The molecule has 0 atom stereocenters. The van der Waals surface area contributed by atoms with Crippen molar-refractivity contribution in [3.63, 3.8) is 0 Å². The molecule has 1 aromatic heterocycles. The Morgan fingerprint density at radius 2 is 2.05 bits per heavy atom. The zero-order chi connectivity index (χ0) is 14.9. The van der Waals surface area contributed by atoms with Crippen LogP contribution in [-0.2, 0) is 16.8 Å². The molecule has 0 N–H and O–H groups in total. The third-order valence-corrected chi connectivity index (χ3v) is 3.12. The molecule has 2 aromatic rings. The summed E-state index contributed by atoms with van der Waals surface area (Å²) in [7, 11) is 1.56. The molecule has 0 aliphatic rings. The van der Waals surface area contributed by atoms with E-state index in [1.807, 2.05) is 20.8 Å². The average molecular weight is 274 g/mol. The number of rotatable bonds is 3. The normalized spacial score (nSPS) is 11.6. The fourth-order valence-electron chi connectivity index (χ4n) is 2.09. The van der Waals surface area contributed by atoms with Gasteiger partial charge in [-0.3, -0.25) is 9.36 Å². The summed E-state index contributed by atoms with van der Waals surface area (Å²) in [6.45, 7) is 5.79. The average Bonchev–Trinajstić information content (AvgIpc) is 2.40. The summed E-state index contributed by atoms with van der Waals surface area (Å²) in [5.74, 6) is 0.627. The van der Waals surface area contributed by atoms with Gasteiger partial charge in [-0.1, -0.05) is 20.8 Å². The summed E-state index contributed by atoms with van der Waals surface area (Å²) in [5, 5.41) is 0. The molecule has 20 heavy (non-hydrogen) atoms. The topological polar surface area (TPSA) is 61.2 Å². The summed E-state index contributed by atoms with van der Waals surface area (Å²) in [6, 6.07) is 5.31. The van der Waals surface area contributed by atoms with E-state index in [1.165, 1.54) is 4.57 Å². The Morgan fingerprint density at radius 1 is 1.35 bits per heavy atom. The van der Waals surface area contributed by atoms with Crippen LogP contribution in [0.15, 0.2) is 23.0 Å². The van der Waals surface area contributed by atoms with Gasteiger partial charge in [0.2, 0.25) is 0 Å². The molecule has 0 amide bonds. The van der Waals surface area contributed by atoms with Gasteiger partial charge in [-0.15, -0.1) is 0 Å². The molecule has 5 nitrogen and oxygen atoms in total. The first kappa shape index (κ1) is 14.2. The van der Waals surface area contributed by atoms with Crippen molar-refractivity contribution < 1.29 is 9.53 Å². The Balaban J connectivity index is 2.87. The molecule has 0 aliphatic heterocycles. The highest BCUT2D eigenvalue weighted by Crippen LogP contribution is 2.22. The summed E-state index contributed by atoms with van der Waals surface area (Å²) < 4.78 is 6.60. The highest BCUT2D eigenvalue weighted by molar-refractivity contribution is 5.77. The molecule has 0 spiro atoms. The smallest absolute Gasteiger partial charge is 0.273 e. The second kappa shape index (κ2) is 5.07. The number of methoxy groups -OCH3 is 1. The van der Waals surface area contributed by atoms with Crippen LogP contribution >= 0.6 is 0 Å². The molecule has 0 fully saturated rings. The molecule has 0 bridgehead atoms. The highest BCUT2D eigenvalue weighted by atomic mass is 16.5. The Morgan fingerprint density at radius 3 is 2.60 bits per heavy atom. The van der Waals surface area contributed by atoms with Gasteiger partial charge in [0, 0.05) is 11.5 Å². The largest absolute Gasteiger partial charge is 0.497 e. The molecule has 1 heterocycles.